The molecule has 1 aliphatic heterocycles. The minimum absolute atomic E-state index is 0.106. The monoisotopic (exact) mass is 280 g/mol. The van der Waals surface area contributed by atoms with Gasteiger partial charge in [-0.1, -0.05) is 5.16 Å². The molecule has 0 amide bonds. The zero-order chi connectivity index (χ0) is 14.6. The molecule has 0 unspecified atom stereocenters. The zero-order valence-corrected chi connectivity index (χ0v) is 13.3. The van der Waals surface area contributed by atoms with Crippen molar-refractivity contribution < 1.29 is 4.52 Å². The van der Waals surface area contributed by atoms with E-state index in [9.17, 15) is 0 Å². The lowest BCUT2D eigenvalue weighted by molar-refractivity contribution is 0.235. The highest BCUT2D eigenvalue weighted by atomic mass is 16.5. The van der Waals surface area contributed by atoms with Gasteiger partial charge in [0.1, 0.15) is 0 Å². The van der Waals surface area contributed by atoms with Crippen molar-refractivity contribution in [1.29, 1.82) is 0 Å². The smallest absolute Gasteiger partial charge is 0.151 e. The van der Waals surface area contributed by atoms with E-state index in [2.05, 4.69) is 54.2 Å². The highest BCUT2D eigenvalue weighted by molar-refractivity contribution is 5.05. The van der Waals surface area contributed by atoms with Crippen molar-refractivity contribution in [2.24, 2.45) is 0 Å². The molecule has 0 spiro atoms. The largest absolute Gasteiger partial charge is 0.360 e. The molecule has 2 rings (SSSR count). The Hall–Kier alpha value is -0.910. The predicted molar refractivity (Wildman–Crippen MR) is 80.5 cm³/mol. The van der Waals surface area contributed by atoms with Gasteiger partial charge in [-0.15, -0.1) is 0 Å². The van der Waals surface area contributed by atoms with Gasteiger partial charge in [-0.3, -0.25) is 4.90 Å². The third-order valence-electron chi connectivity index (χ3n) is 3.60. The molecule has 2 heterocycles. The average Bonchev–Trinajstić information content (AvgIpc) is 2.70. The van der Waals surface area contributed by atoms with Gasteiger partial charge in [0, 0.05) is 31.2 Å². The number of likely N-dealkylation sites (N-methyl/N-ethyl adjacent to an activating group) is 1. The molecule has 1 aliphatic rings. The summed E-state index contributed by atoms with van der Waals surface area (Å²) in [6.07, 6.45) is 1.23. The highest BCUT2D eigenvalue weighted by Gasteiger charge is 2.15. The quantitative estimate of drug-likeness (QED) is 0.909. The summed E-state index contributed by atoms with van der Waals surface area (Å²) in [6, 6.07) is 2.08. The van der Waals surface area contributed by atoms with Crippen LogP contribution < -0.4 is 5.32 Å². The first kappa shape index (κ1) is 15.5. The van der Waals surface area contributed by atoms with Crippen LogP contribution in [0.5, 0.6) is 0 Å². The van der Waals surface area contributed by atoms with Gasteiger partial charge in [-0.05, 0) is 47.3 Å². The molecule has 0 saturated carbocycles. The molecule has 1 saturated heterocycles. The normalized spacial score (nSPS) is 19.2. The summed E-state index contributed by atoms with van der Waals surface area (Å²) in [5.41, 5.74) is 1.09. The molecule has 1 aromatic rings. The number of hydrogen-bond acceptors (Lipinski definition) is 5. The van der Waals surface area contributed by atoms with Crippen LogP contribution in [0.15, 0.2) is 10.6 Å². The van der Waals surface area contributed by atoms with Crippen LogP contribution >= 0.6 is 0 Å². The van der Waals surface area contributed by atoms with E-state index in [1.54, 1.807) is 0 Å². The standard InChI is InChI=1S/C15H28N4O/c1-15(2,3)16-11-13-10-14(20-17-13)12-19-7-5-6-18(4)8-9-19/h10,16H,5-9,11-12H2,1-4H3. The van der Waals surface area contributed by atoms with Gasteiger partial charge in [-0.25, -0.2) is 0 Å². The van der Waals surface area contributed by atoms with Gasteiger partial charge in [0.05, 0.1) is 12.2 Å². The second kappa shape index (κ2) is 6.70. The van der Waals surface area contributed by atoms with Gasteiger partial charge >= 0.3 is 0 Å². The topological polar surface area (TPSA) is 44.5 Å². The van der Waals surface area contributed by atoms with Crippen molar-refractivity contribution >= 4 is 0 Å². The molecule has 114 valence electrons. The first-order valence-electron chi connectivity index (χ1n) is 7.53. The SMILES string of the molecule is CN1CCCN(Cc2cc(CNC(C)(C)C)no2)CC1. The van der Waals surface area contributed by atoms with Gasteiger partial charge in [-0.2, -0.15) is 0 Å². The van der Waals surface area contributed by atoms with E-state index in [-0.39, 0.29) is 5.54 Å². The van der Waals surface area contributed by atoms with Gasteiger partial charge in [0.2, 0.25) is 0 Å². The second-order valence-corrected chi connectivity index (χ2v) is 6.82. The third-order valence-corrected chi connectivity index (χ3v) is 3.60. The lowest BCUT2D eigenvalue weighted by Crippen LogP contribution is -2.35. The van der Waals surface area contributed by atoms with Crippen molar-refractivity contribution in [2.45, 2.75) is 45.8 Å². The van der Waals surface area contributed by atoms with Crippen molar-refractivity contribution in [3.8, 4) is 0 Å². The molecule has 1 aromatic heterocycles. The molecule has 0 atom stereocenters. The Morgan fingerprint density at radius 3 is 2.80 bits per heavy atom. The number of hydrogen-bond donors (Lipinski definition) is 1. The maximum absolute atomic E-state index is 5.45. The summed E-state index contributed by atoms with van der Waals surface area (Å²) in [4.78, 5) is 4.84. The summed E-state index contributed by atoms with van der Waals surface area (Å²) in [5.74, 6) is 0.972. The Balaban J connectivity index is 1.83. The highest BCUT2D eigenvalue weighted by Crippen LogP contribution is 2.11. The summed E-state index contributed by atoms with van der Waals surface area (Å²) in [7, 11) is 2.19. The molecule has 0 aliphatic carbocycles. The second-order valence-electron chi connectivity index (χ2n) is 6.82. The average molecular weight is 280 g/mol. The lowest BCUT2D eigenvalue weighted by Gasteiger charge is -2.19. The van der Waals surface area contributed by atoms with Crippen LogP contribution in [0.2, 0.25) is 0 Å². The number of rotatable bonds is 4. The molecular weight excluding hydrogens is 252 g/mol. The molecule has 0 bridgehead atoms. The van der Waals surface area contributed by atoms with Gasteiger partial charge < -0.3 is 14.7 Å². The van der Waals surface area contributed by atoms with E-state index in [4.69, 9.17) is 4.52 Å². The van der Waals surface area contributed by atoms with Crippen LogP contribution in [-0.4, -0.2) is 53.7 Å². The Morgan fingerprint density at radius 2 is 2.05 bits per heavy atom. The molecule has 0 radical (unpaired) electrons. The van der Waals surface area contributed by atoms with Crippen LogP contribution in [-0.2, 0) is 13.1 Å². The van der Waals surface area contributed by atoms with Crippen molar-refractivity contribution in [1.82, 2.24) is 20.3 Å². The lowest BCUT2D eigenvalue weighted by atomic mass is 10.1. The van der Waals surface area contributed by atoms with Crippen molar-refractivity contribution in [3.63, 3.8) is 0 Å². The molecule has 1 N–H and O–H groups in total. The Morgan fingerprint density at radius 1 is 1.25 bits per heavy atom. The maximum Gasteiger partial charge on any atom is 0.151 e. The number of nitrogens with one attached hydrogen (secondary N) is 1. The summed E-state index contributed by atoms with van der Waals surface area (Å²) in [6.45, 7) is 12.7. The van der Waals surface area contributed by atoms with Crippen LogP contribution in [0.1, 0.15) is 38.6 Å². The molecule has 5 nitrogen and oxygen atoms in total. The maximum atomic E-state index is 5.45. The molecule has 20 heavy (non-hydrogen) atoms. The third kappa shape index (κ3) is 5.23. The van der Waals surface area contributed by atoms with Crippen LogP contribution in [0.25, 0.3) is 0 Å². The summed E-state index contributed by atoms with van der Waals surface area (Å²) >= 11 is 0. The fourth-order valence-corrected chi connectivity index (χ4v) is 2.35. The fourth-order valence-electron chi connectivity index (χ4n) is 2.35. The van der Waals surface area contributed by atoms with Crippen LogP contribution in [0, 0.1) is 0 Å². The minimum atomic E-state index is 0.106. The van der Waals surface area contributed by atoms with E-state index in [0.717, 1.165) is 44.2 Å². The van der Waals surface area contributed by atoms with Gasteiger partial charge in [0.15, 0.2) is 5.76 Å². The van der Waals surface area contributed by atoms with Crippen LogP contribution in [0.4, 0.5) is 0 Å². The molecule has 0 aromatic carbocycles. The van der Waals surface area contributed by atoms with Crippen LogP contribution in [0.3, 0.4) is 0 Å². The molecular formula is C15H28N4O. The first-order chi connectivity index (χ1) is 9.42. The minimum Gasteiger partial charge on any atom is -0.360 e. The molecule has 1 fully saturated rings. The fraction of sp³-hybridized carbons (Fsp3) is 0.800. The van der Waals surface area contributed by atoms with E-state index in [1.807, 2.05) is 0 Å². The first-order valence-corrected chi connectivity index (χ1v) is 7.53. The number of aromatic nitrogens is 1. The Labute approximate surface area is 122 Å². The Bertz CT molecular complexity index is 410. The van der Waals surface area contributed by atoms with E-state index in [1.165, 1.54) is 13.0 Å². The van der Waals surface area contributed by atoms with Gasteiger partial charge in [0.25, 0.3) is 0 Å². The van der Waals surface area contributed by atoms with E-state index in [0.29, 0.717) is 0 Å². The molecule has 5 heteroatoms. The van der Waals surface area contributed by atoms with Crippen molar-refractivity contribution in [2.75, 3.05) is 33.2 Å². The Kier molecular flexibility index (Phi) is 5.18. The predicted octanol–water partition coefficient (Wildman–Crippen LogP) is 1.70. The van der Waals surface area contributed by atoms with E-state index >= 15 is 0 Å². The zero-order valence-electron chi connectivity index (χ0n) is 13.3. The number of nitrogens with zero attached hydrogens (tertiary/aromatic N) is 3. The van der Waals surface area contributed by atoms with Crippen molar-refractivity contribution in [3.05, 3.63) is 17.5 Å². The summed E-state index contributed by atoms with van der Waals surface area (Å²) in [5, 5.41) is 7.58. The summed E-state index contributed by atoms with van der Waals surface area (Å²) < 4.78 is 5.45. The van der Waals surface area contributed by atoms with E-state index < -0.39 is 0 Å².